The number of anilines is 1. The molecule has 1 heterocycles. The third kappa shape index (κ3) is 2.77. The molecule has 5 nitrogen and oxygen atoms in total. The van der Waals surface area contributed by atoms with Crippen LogP contribution in [-0.2, 0) is 4.74 Å². The van der Waals surface area contributed by atoms with Crippen LogP contribution in [0.3, 0.4) is 0 Å². The Morgan fingerprint density at radius 3 is 3.00 bits per heavy atom. The minimum Gasteiger partial charge on any atom is -0.383 e. The first kappa shape index (κ1) is 12.8. The molecular formula is C13H18N4O. The van der Waals surface area contributed by atoms with Crippen LogP contribution in [0.5, 0.6) is 0 Å². The van der Waals surface area contributed by atoms with Crippen molar-refractivity contribution in [2.75, 3.05) is 25.2 Å². The third-order valence-corrected chi connectivity index (χ3v) is 3.43. The van der Waals surface area contributed by atoms with Gasteiger partial charge >= 0.3 is 0 Å². The Bertz CT molecular complexity index is 439. The number of hydrogen-bond acceptors (Lipinski definition) is 5. The third-order valence-electron chi connectivity index (χ3n) is 3.43. The number of nitrogens with zero attached hydrogens (tertiary/aromatic N) is 4. The molecule has 0 bridgehead atoms. The van der Waals surface area contributed by atoms with Gasteiger partial charge < -0.3 is 9.64 Å². The molecule has 1 atom stereocenters. The summed E-state index contributed by atoms with van der Waals surface area (Å²) < 4.78 is 5.14. The van der Waals surface area contributed by atoms with Crippen LogP contribution in [-0.4, -0.2) is 36.5 Å². The summed E-state index contributed by atoms with van der Waals surface area (Å²) in [4.78, 5) is 2.15. The Morgan fingerprint density at radius 1 is 1.61 bits per heavy atom. The van der Waals surface area contributed by atoms with Crippen LogP contribution in [0.25, 0.3) is 0 Å². The fourth-order valence-corrected chi connectivity index (χ4v) is 2.15. The van der Waals surface area contributed by atoms with Crippen LogP contribution in [0.2, 0.25) is 0 Å². The molecule has 0 radical (unpaired) electrons. The predicted molar refractivity (Wildman–Crippen MR) is 68.2 cm³/mol. The van der Waals surface area contributed by atoms with Crippen molar-refractivity contribution in [3.05, 3.63) is 17.8 Å². The van der Waals surface area contributed by atoms with Gasteiger partial charge in [0.25, 0.3) is 0 Å². The van der Waals surface area contributed by atoms with Crippen molar-refractivity contribution in [1.82, 2.24) is 10.2 Å². The quantitative estimate of drug-likeness (QED) is 0.763. The minimum absolute atomic E-state index is 0.379. The zero-order valence-electron chi connectivity index (χ0n) is 10.8. The summed E-state index contributed by atoms with van der Waals surface area (Å²) in [5, 5.41) is 17.2. The van der Waals surface area contributed by atoms with Crippen molar-refractivity contribution in [3.8, 4) is 6.07 Å². The average Bonchev–Trinajstić information content (AvgIpc) is 3.23. The van der Waals surface area contributed by atoms with Gasteiger partial charge in [0.15, 0.2) is 5.82 Å². The molecule has 1 aliphatic carbocycles. The van der Waals surface area contributed by atoms with Crippen molar-refractivity contribution in [2.24, 2.45) is 5.92 Å². The lowest BCUT2D eigenvalue weighted by atomic mass is 10.1. The molecule has 1 saturated carbocycles. The zero-order valence-corrected chi connectivity index (χ0v) is 10.8. The van der Waals surface area contributed by atoms with E-state index in [9.17, 15) is 0 Å². The first-order valence-corrected chi connectivity index (χ1v) is 6.25. The number of hydrogen-bond donors (Lipinski definition) is 0. The molecule has 5 heteroatoms. The highest BCUT2D eigenvalue weighted by atomic mass is 16.5. The first-order chi connectivity index (χ1) is 8.77. The fourth-order valence-electron chi connectivity index (χ4n) is 2.15. The van der Waals surface area contributed by atoms with Crippen LogP contribution in [0.15, 0.2) is 12.3 Å². The molecule has 1 fully saturated rings. The lowest BCUT2D eigenvalue weighted by Gasteiger charge is -2.30. The monoisotopic (exact) mass is 246 g/mol. The maximum Gasteiger partial charge on any atom is 0.169 e. The van der Waals surface area contributed by atoms with E-state index in [-0.39, 0.29) is 0 Å². The van der Waals surface area contributed by atoms with Crippen LogP contribution in [0.4, 0.5) is 5.82 Å². The Morgan fingerprint density at radius 2 is 2.39 bits per heavy atom. The molecular weight excluding hydrogens is 228 g/mol. The maximum atomic E-state index is 9.15. The highest BCUT2D eigenvalue weighted by Gasteiger charge is 2.33. The van der Waals surface area contributed by atoms with Crippen molar-refractivity contribution in [2.45, 2.75) is 25.8 Å². The van der Waals surface area contributed by atoms with Gasteiger partial charge in [-0.15, -0.1) is 5.10 Å². The Hall–Kier alpha value is -1.67. The SMILES string of the molecule is COCCN(c1nnccc1C#N)C(C)C1CC1. The molecule has 1 aliphatic rings. The highest BCUT2D eigenvalue weighted by Crippen LogP contribution is 2.36. The summed E-state index contributed by atoms with van der Waals surface area (Å²) in [6, 6.07) is 4.27. The molecule has 0 spiro atoms. The van der Waals surface area contributed by atoms with Crippen molar-refractivity contribution >= 4 is 5.82 Å². The van der Waals surface area contributed by atoms with Gasteiger partial charge in [0.05, 0.1) is 18.4 Å². The van der Waals surface area contributed by atoms with Gasteiger partial charge in [-0.2, -0.15) is 10.4 Å². The molecule has 1 aromatic heterocycles. The van der Waals surface area contributed by atoms with Gasteiger partial charge in [0.1, 0.15) is 6.07 Å². The maximum absolute atomic E-state index is 9.15. The standard InChI is InChI=1S/C13H18N4O/c1-10(11-3-4-11)17(7-8-18-2)13-12(9-14)5-6-15-16-13/h5-6,10-11H,3-4,7-8H2,1-2H3. The van der Waals surface area contributed by atoms with E-state index in [0.717, 1.165) is 6.54 Å². The summed E-state index contributed by atoms with van der Waals surface area (Å²) in [5.74, 6) is 1.38. The first-order valence-electron chi connectivity index (χ1n) is 6.25. The van der Waals surface area contributed by atoms with Gasteiger partial charge in [-0.1, -0.05) is 0 Å². The zero-order chi connectivity index (χ0) is 13.0. The second kappa shape index (κ2) is 5.78. The van der Waals surface area contributed by atoms with Crippen LogP contribution >= 0.6 is 0 Å². The molecule has 0 aromatic carbocycles. The molecule has 2 rings (SSSR count). The van der Waals surface area contributed by atoms with Gasteiger partial charge in [0.2, 0.25) is 0 Å². The van der Waals surface area contributed by atoms with Crippen LogP contribution in [0.1, 0.15) is 25.3 Å². The number of ether oxygens (including phenoxy) is 1. The summed E-state index contributed by atoms with van der Waals surface area (Å²) in [7, 11) is 1.68. The smallest absolute Gasteiger partial charge is 0.169 e. The lowest BCUT2D eigenvalue weighted by Crippen LogP contribution is -2.38. The topological polar surface area (TPSA) is 62.0 Å². The molecule has 18 heavy (non-hydrogen) atoms. The Labute approximate surface area is 107 Å². The largest absolute Gasteiger partial charge is 0.383 e. The second-order valence-corrected chi connectivity index (χ2v) is 4.64. The van der Waals surface area contributed by atoms with Crippen molar-refractivity contribution in [1.29, 1.82) is 5.26 Å². The Kier molecular flexibility index (Phi) is 4.11. The number of nitriles is 1. The lowest BCUT2D eigenvalue weighted by molar-refractivity contribution is 0.202. The molecule has 0 saturated heterocycles. The molecule has 0 amide bonds. The van der Waals surface area contributed by atoms with E-state index >= 15 is 0 Å². The second-order valence-electron chi connectivity index (χ2n) is 4.64. The molecule has 1 aromatic rings. The van der Waals surface area contributed by atoms with Crippen molar-refractivity contribution in [3.63, 3.8) is 0 Å². The number of aromatic nitrogens is 2. The molecule has 1 unspecified atom stereocenters. The predicted octanol–water partition coefficient (Wildman–Crippen LogP) is 1.60. The van der Waals surface area contributed by atoms with E-state index in [1.165, 1.54) is 12.8 Å². The molecule has 0 aliphatic heterocycles. The summed E-state index contributed by atoms with van der Waals surface area (Å²) in [6.45, 7) is 3.54. The number of rotatable bonds is 6. The number of methoxy groups -OCH3 is 1. The summed E-state index contributed by atoms with van der Waals surface area (Å²) >= 11 is 0. The average molecular weight is 246 g/mol. The van der Waals surface area contributed by atoms with E-state index in [2.05, 4.69) is 28.1 Å². The van der Waals surface area contributed by atoms with Gasteiger partial charge in [-0.3, -0.25) is 0 Å². The van der Waals surface area contributed by atoms with E-state index in [1.54, 1.807) is 19.4 Å². The van der Waals surface area contributed by atoms with E-state index in [4.69, 9.17) is 10.00 Å². The molecule has 0 N–H and O–H groups in total. The van der Waals surface area contributed by atoms with E-state index in [0.29, 0.717) is 29.9 Å². The Balaban J connectivity index is 2.23. The van der Waals surface area contributed by atoms with Crippen molar-refractivity contribution < 1.29 is 4.74 Å². The fraction of sp³-hybridized carbons (Fsp3) is 0.615. The summed E-state index contributed by atoms with van der Waals surface area (Å²) in [5.41, 5.74) is 0.577. The van der Waals surface area contributed by atoms with Gasteiger partial charge in [-0.05, 0) is 31.7 Å². The molecule has 96 valence electrons. The highest BCUT2D eigenvalue weighted by molar-refractivity contribution is 5.53. The van der Waals surface area contributed by atoms with Crippen LogP contribution < -0.4 is 4.90 Å². The minimum atomic E-state index is 0.379. The van der Waals surface area contributed by atoms with Gasteiger partial charge in [0, 0.05) is 19.7 Å². The van der Waals surface area contributed by atoms with E-state index in [1.807, 2.05) is 0 Å². The van der Waals surface area contributed by atoms with E-state index < -0.39 is 0 Å². The van der Waals surface area contributed by atoms with Crippen LogP contribution in [0, 0.1) is 17.2 Å². The normalized spacial score (nSPS) is 16.1. The van der Waals surface area contributed by atoms with Gasteiger partial charge in [-0.25, -0.2) is 0 Å². The summed E-state index contributed by atoms with van der Waals surface area (Å²) in [6.07, 6.45) is 4.07.